The molecule has 1 aliphatic heterocycles. The number of nitrogens with two attached hydrogens (primary N) is 1. The number of hydrogen-bond acceptors (Lipinski definition) is 6. The average Bonchev–Trinajstić information content (AvgIpc) is 3.13. The van der Waals surface area contributed by atoms with E-state index >= 15 is 0 Å². The number of aliphatic hydroxyl groups excluding tert-OH is 1. The zero-order valence-corrected chi connectivity index (χ0v) is 15.3. The predicted molar refractivity (Wildman–Crippen MR) is 97.7 cm³/mol. The number of carbonyl (C=O) groups is 3. The smallest absolute Gasteiger partial charge is 0.318 e. The highest BCUT2D eigenvalue weighted by Gasteiger charge is 2.36. The number of amides is 4. The van der Waals surface area contributed by atoms with E-state index in [9.17, 15) is 19.5 Å². The average molecular weight is 379 g/mol. The van der Waals surface area contributed by atoms with Crippen LogP contribution in [-0.4, -0.2) is 59.7 Å². The topological polar surface area (TPSA) is 146 Å². The van der Waals surface area contributed by atoms with Crippen LogP contribution in [0.4, 0.5) is 10.5 Å². The Morgan fingerprint density at radius 3 is 2.52 bits per heavy atom. The first-order chi connectivity index (χ1) is 12.8. The van der Waals surface area contributed by atoms with Crippen LogP contribution in [0.25, 0.3) is 0 Å². The zero-order valence-electron chi connectivity index (χ0n) is 15.3. The summed E-state index contributed by atoms with van der Waals surface area (Å²) in [6.45, 7) is 1.71. The van der Waals surface area contributed by atoms with Crippen LogP contribution in [0.3, 0.4) is 0 Å². The summed E-state index contributed by atoms with van der Waals surface area (Å²) in [5.74, 6) is -0.543. The summed E-state index contributed by atoms with van der Waals surface area (Å²) in [7, 11) is 1.56. The van der Waals surface area contributed by atoms with Crippen molar-refractivity contribution < 1.29 is 24.2 Å². The maximum atomic E-state index is 12.4. The van der Waals surface area contributed by atoms with Crippen molar-refractivity contribution in [1.29, 1.82) is 0 Å². The van der Waals surface area contributed by atoms with Crippen molar-refractivity contribution in [3.63, 3.8) is 0 Å². The second-order valence-electron chi connectivity index (χ2n) is 6.26. The molecular weight excluding hydrogens is 354 g/mol. The Morgan fingerprint density at radius 2 is 1.96 bits per heavy atom. The number of anilines is 1. The van der Waals surface area contributed by atoms with Crippen LogP contribution in [0.2, 0.25) is 0 Å². The molecule has 0 bridgehead atoms. The maximum Gasteiger partial charge on any atom is 0.318 e. The fraction of sp³-hybridized carbons (Fsp3) is 0.471. The third-order valence-electron chi connectivity index (χ3n) is 4.30. The van der Waals surface area contributed by atoms with E-state index in [1.807, 2.05) is 0 Å². The number of benzene rings is 1. The van der Waals surface area contributed by atoms with Gasteiger partial charge in [0.2, 0.25) is 5.91 Å². The molecule has 0 aliphatic carbocycles. The molecule has 1 heterocycles. The Labute approximate surface area is 157 Å². The van der Waals surface area contributed by atoms with E-state index in [1.165, 1.54) is 11.8 Å². The molecule has 6 N–H and O–H groups in total. The zero-order chi connectivity index (χ0) is 20.0. The summed E-state index contributed by atoms with van der Waals surface area (Å²) in [6, 6.07) is 4.41. The second kappa shape index (κ2) is 9.08. The van der Waals surface area contributed by atoms with E-state index in [4.69, 9.17) is 10.5 Å². The first kappa shape index (κ1) is 20.3. The lowest BCUT2D eigenvalue weighted by Gasteiger charge is -2.27. The highest BCUT2D eigenvalue weighted by atomic mass is 16.5. The van der Waals surface area contributed by atoms with Gasteiger partial charge in [-0.05, 0) is 44.0 Å². The van der Waals surface area contributed by atoms with E-state index in [0.717, 1.165) is 0 Å². The molecule has 1 aromatic rings. The Balaban J connectivity index is 1.94. The van der Waals surface area contributed by atoms with E-state index in [-0.39, 0.29) is 5.91 Å². The SMILES string of the molecule is COc1ccc(NNC(=O)C2CCCN2C(=O)NC(C(N)=O)C(C)O)cc1. The summed E-state index contributed by atoms with van der Waals surface area (Å²) in [4.78, 5) is 37.5. The third-order valence-corrected chi connectivity index (χ3v) is 4.30. The molecule has 3 unspecified atom stereocenters. The van der Waals surface area contributed by atoms with E-state index in [1.54, 1.807) is 31.4 Å². The van der Waals surface area contributed by atoms with E-state index in [2.05, 4.69) is 16.2 Å². The number of nitrogens with one attached hydrogen (secondary N) is 3. The molecule has 0 aromatic heterocycles. The van der Waals surface area contributed by atoms with Gasteiger partial charge in [0.1, 0.15) is 17.8 Å². The molecule has 27 heavy (non-hydrogen) atoms. The van der Waals surface area contributed by atoms with Crippen molar-refractivity contribution in [2.24, 2.45) is 5.73 Å². The summed E-state index contributed by atoms with van der Waals surface area (Å²) in [5, 5.41) is 11.9. The number of carbonyl (C=O) groups excluding carboxylic acids is 3. The van der Waals surface area contributed by atoms with Gasteiger partial charge in [-0.15, -0.1) is 0 Å². The minimum absolute atomic E-state index is 0.359. The van der Waals surface area contributed by atoms with Gasteiger partial charge < -0.3 is 25.8 Å². The van der Waals surface area contributed by atoms with Gasteiger partial charge in [0.05, 0.1) is 18.9 Å². The van der Waals surface area contributed by atoms with Crippen molar-refractivity contribution in [3.05, 3.63) is 24.3 Å². The van der Waals surface area contributed by atoms with Gasteiger partial charge in [-0.2, -0.15) is 0 Å². The molecule has 3 atom stereocenters. The number of primary amides is 1. The molecule has 1 aliphatic rings. The molecule has 148 valence electrons. The first-order valence-corrected chi connectivity index (χ1v) is 8.58. The molecule has 4 amide bonds. The second-order valence-corrected chi connectivity index (χ2v) is 6.26. The van der Waals surface area contributed by atoms with Crippen LogP contribution in [0.15, 0.2) is 24.3 Å². The van der Waals surface area contributed by atoms with Gasteiger partial charge in [0.25, 0.3) is 5.91 Å². The van der Waals surface area contributed by atoms with Crippen molar-refractivity contribution in [3.8, 4) is 5.75 Å². The molecule has 2 rings (SSSR count). The molecule has 0 saturated carbocycles. The van der Waals surface area contributed by atoms with Gasteiger partial charge in [0.15, 0.2) is 0 Å². The summed E-state index contributed by atoms with van der Waals surface area (Å²) < 4.78 is 5.06. The van der Waals surface area contributed by atoms with Crippen LogP contribution >= 0.6 is 0 Å². The number of hydrogen-bond donors (Lipinski definition) is 5. The Morgan fingerprint density at radius 1 is 1.30 bits per heavy atom. The van der Waals surface area contributed by atoms with E-state index in [0.29, 0.717) is 30.8 Å². The summed E-state index contributed by atoms with van der Waals surface area (Å²) in [6.07, 6.45) is -0.0123. The van der Waals surface area contributed by atoms with Gasteiger partial charge in [-0.1, -0.05) is 0 Å². The lowest BCUT2D eigenvalue weighted by atomic mass is 10.2. The number of aliphatic hydroxyl groups is 1. The van der Waals surface area contributed by atoms with Crippen molar-refractivity contribution >= 4 is 23.5 Å². The number of likely N-dealkylation sites (tertiary alicyclic amines) is 1. The van der Waals surface area contributed by atoms with Crippen LogP contribution in [0.5, 0.6) is 5.75 Å². The molecule has 10 nitrogen and oxygen atoms in total. The van der Waals surface area contributed by atoms with Gasteiger partial charge in [-0.25, -0.2) is 4.79 Å². The monoisotopic (exact) mass is 379 g/mol. The summed E-state index contributed by atoms with van der Waals surface area (Å²) in [5.41, 5.74) is 11.2. The highest BCUT2D eigenvalue weighted by Crippen LogP contribution is 2.18. The van der Waals surface area contributed by atoms with Gasteiger partial charge in [-0.3, -0.25) is 20.4 Å². The van der Waals surface area contributed by atoms with E-state index < -0.39 is 30.1 Å². The minimum atomic E-state index is -1.22. The van der Waals surface area contributed by atoms with Crippen LogP contribution in [0, 0.1) is 0 Å². The van der Waals surface area contributed by atoms with Crippen LogP contribution < -0.4 is 26.6 Å². The fourth-order valence-corrected chi connectivity index (χ4v) is 2.82. The molecule has 1 aromatic carbocycles. The lowest BCUT2D eigenvalue weighted by molar-refractivity contribution is -0.124. The Bertz CT molecular complexity index is 679. The minimum Gasteiger partial charge on any atom is -0.497 e. The van der Waals surface area contributed by atoms with Crippen LogP contribution in [0.1, 0.15) is 19.8 Å². The number of urea groups is 1. The number of ether oxygens (including phenoxy) is 1. The normalized spacial score (nSPS) is 18.3. The predicted octanol–water partition coefficient (Wildman–Crippen LogP) is -0.453. The highest BCUT2D eigenvalue weighted by molar-refractivity contribution is 5.91. The number of methoxy groups -OCH3 is 1. The molecule has 10 heteroatoms. The van der Waals surface area contributed by atoms with Crippen molar-refractivity contribution in [2.75, 3.05) is 19.1 Å². The number of hydrazine groups is 1. The Hall–Kier alpha value is -3.01. The van der Waals surface area contributed by atoms with Gasteiger partial charge >= 0.3 is 6.03 Å². The van der Waals surface area contributed by atoms with Gasteiger partial charge in [0, 0.05) is 6.54 Å². The molecule has 0 radical (unpaired) electrons. The molecule has 0 spiro atoms. The standard InChI is InChI=1S/C17H25N5O5/c1-10(23)14(15(18)24)19-17(26)22-9-3-4-13(22)16(25)21-20-11-5-7-12(27-2)8-6-11/h5-8,10,13-14,20,23H,3-4,9H2,1-2H3,(H2,18,24)(H,19,26)(H,21,25). The van der Waals surface area contributed by atoms with Crippen molar-refractivity contribution in [2.45, 2.75) is 38.0 Å². The Kier molecular flexibility index (Phi) is 6.83. The largest absolute Gasteiger partial charge is 0.497 e. The quantitative estimate of drug-likeness (QED) is 0.406. The molecular formula is C17H25N5O5. The molecule has 1 fully saturated rings. The summed E-state index contributed by atoms with van der Waals surface area (Å²) >= 11 is 0. The number of nitrogens with zero attached hydrogens (tertiary/aromatic N) is 1. The number of rotatable bonds is 7. The van der Waals surface area contributed by atoms with Crippen LogP contribution in [-0.2, 0) is 9.59 Å². The fourth-order valence-electron chi connectivity index (χ4n) is 2.82. The maximum absolute atomic E-state index is 12.4. The van der Waals surface area contributed by atoms with Crippen molar-refractivity contribution in [1.82, 2.24) is 15.6 Å². The first-order valence-electron chi connectivity index (χ1n) is 8.58. The lowest BCUT2D eigenvalue weighted by Crippen LogP contribution is -2.57. The molecule has 1 saturated heterocycles. The third kappa shape index (κ3) is 5.23.